The first-order chi connectivity index (χ1) is 8.25. The van der Waals surface area contributed by atoms with Crippen LogP contribution < -0.4 is 5.32 Å². The van der Waals surface area contributed by atoms with Gasteiger partial charge in [0.2, 0.25) is 0 Å². The fourth-order valence-electron chi connectivity index (χ4n) is 1.59. The zero-order chi connectivity index (χ0) is 12.1. The van der Waals surface area contributed by atoms with Crippen LogP contribution in [0.2, 0.25) is 0 Å². The first-order valence-electron chi connectivity index (χ1n) is 5.44. The van der Waals surface area contributed by atoms with Gasteiger partial charge in [0.25, 0.3) is 0 Å². The summed E-state index contributed by atoms with van der Waals surface area (Å²) in [7, 11) is 0. The van der Waals surface area contributed by atoms with E-state index in [1.54, 1.807) is 30.3 Å². The van der Waals surface area contributed by atoms with E-state index in [0.717, 1.165) is 5.56 Å². The van der Waals surface area contributed by atoms with Crippen molar-refractivity contribution in [3.05, 3.63) is 71.3 Å². The Morgan fingerprint density at radius 3 is 2.24 bits per heavy atom. The maximum absolute atomic E-state index is 13.3. The van der Waals surface area contributed by atoms with Crippen LogP contribution in [-0.2, 0) is 13.1 Å². The molecule has 0 radical (unpaired) electrons. The van der Waals surface area contributed by atoms with E-state index in [0.29, 0.717) is 18.7 Å². The summed E-state index contributed by atoms with van der Waals surface area (Å²) in [6, 6.07) is 12.9. The number of hydrogen-bond donors (Lipinski definition) is 1. The summed E-state index contributed by atoms with van der Waals surface area (Å²) < 4.78 is 25.9. The second-order valence-electron chi connectivity index (χ2n) is 3.82. The second-order valence-corrected chi connectivity index (χ2v) is 3.82. The van der Waals surface area contributed by atoms with Gasteiger partial charge < -0.3 is 5.32 Å². The van der Waals surface area contributed by atoms with Crippen molar-refractivity contribution in [2.45, 2.75) is 13.1 Å². The third-order valence-corrected chi connectivity index (χ3v) is 2.52. The molecule has 0 fully saturated rings. The molecule has 0 saturated carbocycles. The van der Waals surface area contributed by atoms with Crippen LogP contribution >= 0.6 is 0 Å². The average molecular weight is 233 g/mol. The highest BCUT2D eigenvalue weighted by atomic mass is 19.1. The van der Waals surface area contributed by atoms with Crippen LogP contribution in [0, 0.1) is 11.6 Å². The molecule has 0 aliphatic heterocycles. The Balaban J connectivity index is 1.88. The molecular weight excluding hydrogens is 220 g/mol. The zero-order valence-corrected chi connectivity index (χ0v) is 9.29. The minimum absolute atomic E-state index is 0.209. The molecule has 3 heteroatoms. The van der Waals surface area contributed by atoms with Crippen LogP contribution in [0.3, 0.4) is 0 Å². The number of hydrogen-bond acceptors (Lipinski definition) is 1. The SMILES string of the molecule is Fc1ccc(CNCc2ccccc2F)cc1. The quantitative estimate of drug-likeness (QED) is 0.854. The molecule has 1 N–H and O–H groups in total. The molecule has 0 spiro atoms. The molecule has 17 heavy (non-hydrogen) atoms. The molecule has 2 aromatic carbocycles. The molecule has 88 valence electrons. The first-order valence-corrected chi connectivity index (χ1v) is 5.44. The minimum Gasteiger partial charge on any atom is -0.309 e. The van der Waals surface area contributed by atoms with E-state index in [9.17, 15) is 8.78 Å². The summed E-state index contributed by atoms with van der Waals surface area (Å²) in [6.07, 6.45) is 0. The monoisotopic (exact) mass is 233 g/mol. The van der Waals surface area contributed by atoms with Gasteiger partial charge in [0, 0.05) is 18.7 Å². The Labute approximate surface area is 99.1 Å². The molecule has 0 heterocycles. The number of benzene rings is 2. The highest BCUT2D eigenvalue weighted by molar-refractivity contribution is 5.18. The van der Waals surface area contributed by atoms with Crippen molar-refractivity contribution in [1.82, 2.24) is 5.32 Å². The van der Waals surface area contributed by atoms with E-state index in [4.69, 9.17) is 0 Å². The van der Waals surface area contributed by atoms with Crippen LogP contribution in [-0.4, -0.2) is 0 Å². The van der Waals surface area contributed by atoms with Gasteiger partial charge in [0.1, 0.15) is 11.6 Å². The van der Waals surface area contributed by atoms with E-state index in [1.165, 1.54) is 18.2 Å². The van der Waals surface area contributed by atoms with Gasteiger partial charge >= 0.3 is 0 Å². The van der Waals surface area contributed by atoms with Gasteiger partial charge in [-0.25, -0.2) is 8.78 Å². The van der Waals surface area contributed by atoms with Crippen molar-refractivity contribution in [3.63, 3.8) is 0 Å². The highest BCUT2D eigenvalue weighted by Gasteiger charge is 1.99. The Bertz CT molecular complexity index is 480. The summed E-state index contributed by atoms with van der Waals surface area (Å²) in [6.45, 7) is 1.05. The third kappa shape index (κ3) is 3.36. The molecule has 0 unspecified atom stereocenters. The van der Waals surface area contributed by atoms with Gasteiger partial charge in [-0.3, -0.25) is 0 Å². The van der Waals surface area contributed by atoms with Gasteiger partial charge in [-0.2, -0.15) is 0 Å². The summed E-state index contributed by atoms with van der Waals surface area (Å²) in [4.78, 5) is 0. The van der Waals surface area contributed by atoms with Crippen molar-refractivity contribution in [2.75, 3.05) is 0 Å². The third-order valence-electron chi connectivity index (χ3n) is 2.52. The predicted molar refractivity (Wildman–Crippen MR) is 63.3 cm³/mol. The van der Waals surface area contributed by atoms with Crippen molar-refractivity contribution >= 4 is 0 Å². The fraction of sp³-hybridized carbons (Fsp3) is 0.143. The molecule has 0 bridgehead atoms. The van der Waals surface area contributed by atoms with Gasteiger partial charge in [0.15, 0.2) is 0 Å². The highest BCUT2D eigenvalue weighted by Crippen LogP contribution is 2.07. The number of nitrogens with one attached hydrogen (secondary N) is 1. The van der Waals surface area contributed by atoms with E-state index < -0.39 is 0 Å². The maximum Gasteiger partial charge on any atom is 0.127 e. The van der Waals surface area contributed by atoms with Crippen molar-refractivity contribution in [1.29, 1.82) is 0 Å². The lowest BCUT2D eigenvalue weighted by Gasteiger charge is -2.06. The molecule has 0 aliphatic carbocycles. The summed E-state index contributed by atoms with van der Waals surface area (Å²) in [5.74, 6) is -0.457. The lowest BCUT2D eigenvalue weighted by atomic mass is 10.2. The van der Waals surface area contributed by atoms with E-state index >= 15 is 0 Å². The molecule has 0 atom stereocenters. The van der Waals surface area contributed by atoms with Crippen LogP contribution in [0.4, 0.5) is 8.78 Å². The number of halogens is 2. The van der Waals surface area contributed by atoms with Gasteiger partial charge in [-0.05, 0) is 23.8 Å². The van der Waals surface area contributed by atoms with Crippen LogP contribution in [0.1, 0.15) is 11.1 Å². The molecule has 0 aromatic heterocycles. The van der Waals surface area contributed by atoms with Crippen LogP contribution in [0.25, 0.3) is 0 Å². The van der Waals surface area contributed by atoms with Crippen LogP contribution in [0.5, 0.6) is 0 Å². The van der Waals surface area contributed by atoms with Crippen molar-refractivity contribution < 1.29 is 8.78 Å². The standard InChI is InChI=1S/C14H13F2N/c15-13-7-5-11(6-8-13)9-17-10-12-3-1-2-4-14(12)16/h1-8,17H,9-10H2. The topological polar surface area (TPSA) is 12.0 Å². The maximum atomic E-state index is 13.3. The molecule has 2 rings (SSSR count). The van der Waals surface area contributed by atoms with Crippen molar-refractivity contribution in [2.24, 2.45) is 0 Å². The molecule has 0 aliphatic rings. The molecule has 1 nitrogen and oxygen atoms in total. The Morgan fingerprint density at radius 1 is 0.824 bits per heavy atom. The van der Waals surface area contributed by atoms with Gasteiger partial charge in [-0.15, -0.1) is 0 Å². The molecule has 0 saturated heterocycles. The van der Waals surface area contributed by atoms with E-state index in [-0.39, 0.29) is 11.6 Å². The lowest BCUT2D eigenvalue weighted by Crippen LogP contribution is -2.13. The lowest BCUT2D eigenvalue weighted by molar-refractivity contribution is 0.587. The van der Waals surface area contributed by atoms with Gasteiger partial charge in [0.05, 0.1) is 0 Å². The molecule has 0 amide bonds. The minimum atomic E-state index is -0.247. The average Bonchev–Trinajstić information content (AvgIpc) is 2.34. The smallest absolute Gasteiger partial charge is 0.127 e. The Kier molecular flexibility index (Phi) is 3.83. The fourth-order valence-corrected chi connectivity index (χ4v) is 1.59. The number of rotatable bonds is 4. The molecule has 2 aromatic rings. The van der Waals surface area contributed by atoms with E-state index in [1.807, 2.05) is 0 Å². The summed E-state index contributed by atoms with van der Waals surface area (Å²) in [5, 5.41) is 3.12. The van der Waals surface area contributed by atoms with Crippen molar-refractivity contribution in [3.8, 4) is 0 Å². The largest absolute Gasteiger partial charge is 0.309 e. The summed E-state index contributed by atoms with van der Waals surface area (Å²) in [5.41, 5.74) is 1.61. The summed E-state index contributed by atoms with van der Waals surface area (Å²) >= 11 is 0. The predicted octanol–water partition coefficient (Wildman–Crippen LogP) is 3.25. The molecular formula is C14H13F2N. The van der Waals surface area contributed by atoms with E-state index in [2.05, 4.69) is 5.32 Å². The first kappa shape index (κ1) is 11.7. The zero-order valence-electron chi connectivity index (χ0n) is 9.29. The second kappa shape index (κ2) is 5.55. The Morgan fingerprint density at radius 2 is 1.53 bits per heavy atom. The normalized spacial score (nSPS) is 10.5. The van der Waals surface area contributed by atoms with Crippen LogP contribution in [0.15, 0.2) is 48.5 Å². The Hall–Kier alpha value is -1.74. The van der Waals surface area contributed by atoms with Gasteiger partial charge in [-0.1, -0.05) is 30.3 Å².